The van der Waals surface area contributed by atoms with E-state index in [1.165, 1.54) is 0 Å². The molecule has 0 N–H and O–H groups in total. The van der Waals surface area contributed by atoms with E-state index in [9.17, 15) is 32.4 Å². The van der Waals surface area contributed by atoms with E-state index in [0.717, 1.165) is 0 Å². The Bertz CT molecular complexity index is 537. The van der Waals surface area contributed by atoms with Crippen molar-refractivity contribution in [3.8, 4) is 0 Å². The van der Waals surface area contributed by atoms with Crippen LogP contribution in [-0.2, 0) is 23.7 Å². The topological polar surface area (TPSA) is 84.9 Å². The van der Waals surface area contributed by atoms with Crippen molar-refractivity contribution >= 4 is 23.8 Å². The number of hydrogen-bond donors (Lipinski definition) is 0. The quantitative estimate of drug-likeness (QED) is 0.239. The fourth-order valence-electron chi connectivity index (χ4n) is 4.32. The maximum atomic E-state index is 14.2. The zero-order valence-electron chi connectivity index (χ0n) is 12.1. The van der Waals surface area contributed by atoms with Crippen molar-refractivity contribution < 1.29 is 46.5 Å². The molecule has 4 saturated carbocycles. The molecule has 3 unspecified atom stereocenters. The molecule has 0 aromatic heterocycles. The number of carbonyl (C=O) groups is 2. The van der Waals surface area contributed by atoms with Gasteiger partial charge < -0.3 is 9.99 Å². The van der Waals surface area contributed by atoms with E-state index in [2.05, 4.69) is 9.37 Å². The Labute approximate surface area is 137 Å². The van der Waals surface area contributed by atoms with Crippen molar-refractivity contribution in [2.24, 2.45) is 17.8 Å². The Balaban J connectivity index is 1.79. The monoisotopic (exact) mass is 373 g/mol. The molecule has 4 aliphatic rings. The average molecular weight is 373 g/mol. The smallest absolute Gasteiger partial charge is 0.446 e. The number of carbonyl (C=O) groups excluding carboxylic acids is 2. The van der Waals surface area contributed by atoms with Crippen LogP contribution in [0.5, 0.6) is 0 Å². The van der Waals surface area contributed by atoms with Gasteiger partial charge in [0.05, 0.1) is 12.0 Å². The Morgan fingerprint density at radius 2 is 1.75 bits per heavy atom. The van der Waals surface area contributed by atoms with E-state index >= 15 is 0 Å². The zero-order valence-corrected chi connectivity index (χ0v) is 13.0. The van der Waals surface area contributed by atoms with Crippen LogP contribution in [0.25, 0.3) is 0 Å². The minimum atomic E-state index is -5.68. The lowest BCUT2D eigenvalue weighted by atomic mass is 9.53. The van der Waals surface area contributed by atoms with E-state index in [1.54, 1.807) is 0 Å². The molecule has 0 saturated heterocycles. The van der Waals surface area contributed by atoms with Gasteiger partial charge in [0.15, 0.2) is 0 Å². The van der Waals surface area contributed by atoms with Gasteiger partial charge in [-0.1, -0.05) is 0 Å². The number of ether oxygens (including phenoxy) is 1. The van der Waals surface area contributed by atoms with Gasteiger partial charge >= 0.3 is 17.1 Å². The van der Waals surface area contributed by atoms with E-state index in [-0.39, 0.29) is 36.4 Å². The van der Waals surface area contributed by atoms with Crippen LogP contribution in [0.3, 0.4) is 0 Å². The van der Waals surface area contributed by atoms with Crippen molar-refractivity contribution in [2.45, 2.75) is 48.9 Å². The number of alkyl halides is 4. The molecule has 0 aromatic carbocycles. The second-order valence-electron chi connectivity index (χ2n) is 6.63. The van der Waals surface area contributed by atoms with Crippen LogP contribution in [0, 0.1) is 17.8 Å². The van der Waals surface area contributed by atoms with Gasteiger partial charge in [-0.25, -0.2) is 9.18 Å². The van der Waals surface area contributed by atoms with Crippen molar-refractivity contribution in [1.82, 2.24) is 0 Å². The highest BCUT2D eigenvalue weighted by Crippen LogP contribution is 2.56. The molecule has 4 rings (SSSR count). The molecule has 6 nitrogen and oxygen atoms in total. The summed E-state index contributed by atoms with van der Waals surface area (Å²) < 4.78 is 61.3. The summed E-state index contributed by atoms with van der Waals surface area (Å²) in [5.41, 5.74) is -1.27. The number of ketones is 1. The third kappa shape index (κ3) is 2.80. The summed E-state index contributed by atoms with van der Waals surface area (Å²) in [7, 11) is 0. The molecule has 0 radical (unpaired) electrons. The molecular weight excluding hydrogens is 360 g/mol. The van der Waals surface area contributed by atoms with Gasteiger partial charge in [0, 0.05) is 11.8 Å². The molecule has 3 atom stereocenters. The summed E-state index contributed by atoms with van der Waals surface area (Å²) >= 11 is -1.10. The largest absolute Gasteiger partial charge is 0.691 e. The molecule has 136 valence electrons. The molecule has 0 aromatic rings. The fourth-order valence-corrected chi connectivity index (χ4v) is 4.65. The van der Waals surface area contributed by atoms with E-state index in [4.69, 9.17) is 4.74 Å². The van der Waals surface area contributed by atoms with Crippen LogP contribution in [0.4, 0.5) is 17.6 Å². The Kier molecular flexibility index (Phi) is 4.34. The SMILES string of the molecule is O=C1C2CC3CC1CC(OC(=O)C(F)(SOO[O-])C(F)(F)F)(C3)C2. The van der Waals surface area contributed by atoms with E-state index < -0.39 is 34.8 Å². The van der Waals surface area contributed by atoms with Gasteiger partial charge in [-0.2, -0.15) is 17.5 Å². The number of esters is 1. The van der Waals surface area contributed by atoms with Gasteiger partial charge in [-0.3, -0.25) is 9.83 Å². The lowest BCUT2D eigenvalue weighted by Crippen LogP contribution is -2.59. The number of hydrogen-bond acceptors (Lipinski definition) is 7. The Morgan fingerprint density at radius 1 is 1.17 bits per heavy atom. The maximum absolute atomic E-state index is 14.2. The number of rotatable bonds is 5. The molecular formula is C13H13F4O6S-. The summed E-state index contributed by atoms with van der Waals surface area (Å²) in [4.78, 5) is 24.0. The van der Waals surface area contributed by atoms with Crippen LogP contribution in [0.1, 0.15) is 32.1 Å². The van der Waals surface area contributed by atoms with Crippen LogP contribution in [0.2, 0.25) is 0 Å². The number of Topliss-reactive ketones (excluding diaryl/α,β-unsaturated/α-hetero) is 1. The van der Waals surface area contributed by atoms with Gasteiger partial charge in [0.2, 0.25) is 0 Å². The van der Waals surface area contributed by atoms with Crippen LogP contribution in [-0.4, -0.2) is 28.5 Å². The molecule has 0 heterocycles. The first-order valence-electron chi connectivity index (χ1n) is 7.27. The number of halogens is 4. The van der Waals surface area contributed by atoms with Crippen LogP contribution in [0.15, 0.2) is 0 Å². The minimum Gasteiger partial charge on any atom is -0.691 e. The standard InChI is InChI=1S/C13H14F4O6S/c14-12(13(15,16)17,24-23-22-20)10(19)21-11-3-6-1-7(4-11)9(18)8(2-6)5-11/h6-8,20H,1-5H2/p-1. The maximum Gasteiger partial charge on any atom is 0.446 e. The van der Waals surface area contributed by atoms with Crippen molar-refractivity contribution in [3.63, 3.8) is 0 Å². The van der Waals surface area contributed by atoms with Crippen LogP contribution >= 0.6 is 12.0 Å². The first kappa shape index (κ1) is 17.9. The van der Waals surface area contributed by atoms with E-state index in [0.29, 0.717) is 19.3 Å². The predicted molar refractivity (Wildman–Crippen MR) is 67.0 cm³/mol. The normalized spacial score (nSPS) is 37.4. The van der Waals surface area contributed by atoms with Crippen LogP contribution < -0.4 is 5.26 Å². The average Bonchev–Trinajstić information content (AvgIpc) is 2.47. The van der Waals surface area contributed by atoms with Crippen molar-refractivity contribution in [3.05, 3.63) is 0 Å². The first-order valence-corrected chi connectivity index (χ1v) is 8.01. The first-order chi connectivity index (χ1) is 11.1. The van der Waals surface area contributed by atoms with Crippen molar-refractivity contribution in [1.29, 1.82) is 0 Å². The molecule has 4 fully saturated rings. The second kappa shape index (κ2) is 5.82. The fraction of sp³-hybridized carbons (Fsp3) is 0.846. The second-order valence-corrected chi connectivity index (χ2v) is 7.50. The summed E-state index contributed by atoms with van der Waals surface area (Å²) in [5.74, 6) is -2.82. The molecule has 4 bridgehead atoms. The molecule has 24 heavy (non-hydrogen) atoms. The molecule has 11 heteroatoms. The van der Waals surface area contributed by atoms with Crippen molar-refractivity contribution in [2.75, 3.05) is 0 Å². The summed E-state index contributed by atoms with van der Waals surface area (Å²) in [5, 5.41) is 7.82. The molecule has 0 amide bonds. The summed E-state index contributed by atoms with van der Waals surface area (Å²) in [6, 6.07) is 0. The molecule has 4 aliphatic carbocycles. The molecule has 0 aliphatic heterocycles. The lowest BCUT2D eigenvalue weighted by Gasteiger charge is -2.54. The third-order valence-electron chi connectivity index (χ3n) is 5.05. The Morgan fingerprint density at radius 3 is 2.25 bits per heavy atom. The minimum absolute atomic E-state index is 0.0393. The highest BCUT2D eigenvalue weighted by atomic mass is 32.2. The van der Waals surface area contributed by atoms with Gasteiger partial charge in [-0.15, -0.1) is 0 Å². The highest BCUT2D eigenvalue weighted by molar-refractivity contribution is 7.96. The Hall–Kier alpha value is -0.910. The zero-order chi connectivity index (χ0) is 17.8. The predicted octanol–water partition coefficient (Wildman–Crippen LogP) is 1.78. The van der Waals surface area contributed by atoms with Gasteiger partial charge in [0.1, 0.15) is 11.4 Å². The summed E-state index contributed by atoms with van der Waals surface area (Å²) in [6.07, 6.45) is -3.93. The highest BCUT2D eigenvalue weighted by Gasteiger charge is 2.68. The van der Waals surface area contributed by atoms with Gasteiger partial charge in [-0.05, 0) is 38.0 Å². The lowest BCUT2D eigenvalue weighted by molar-refractivity contribution is -0.777. The summed E-state index contributed by atoms with van der Waals surface area (Å²) in [6.45, 7) is 0. The molecule has 0 spiro atoms. The van der Waals surface area contributed by atoms with Gasteiger partial charge in [0.25, 0.3) is 0 Å². The third-order valence-corrected chi connectivity index (χ3v) is 5.80. The van der Waals surface area contributed by atoms with E-state index in [1.807, 2.05) is 0 Å².